The monoisotopic (exact) mass is 897 g/mol. The lowest BCUT2D eigenvalue weighted by molar-refractivity contribution is -0.870. The molecule has 2 unspecified atom stereocenters. The topological polar surface area (TPSA) is 108 Å². The molecule has 0 aliphatic heterocycles. The highest BCUT2D eigenvalue weighted by molar-refractivity contribution is 7.47. The third-order valence-corrected chi connectivity index (χ3v) is 12.2. The maximum Gasteiger partial charge on any atom is 0.472 e. The van der Waals surface area contributed by atoms with Gasteiger partial charge in [-0.1, -0.05) is 204 Å². The van der Waals surface area contributed by atoms with E-state index in [2.05, 4.69) is 50.3 Å². The first-order chi connectivity index (χ1) is 30.0. The second-order valence-electron chi connectivity index (χ2n) is 18.6. The summed E-state index contributed by atoms with van der Waals surface area (Å²) in [5, 5.41) is 0. The van der Waals surface area contributed by atoms with Crippen LogP contribution in [0.15, 0.2) is 36.5 Å². The number of unbranched alkanes of at least 4 members (excludes halogenated alkanes) is 27. The number of phosphoric acid groups is 1. The zero-order chi connectivity index (χ0) is 45.7. The standard InChI is InChI=1S/C52H98NO8P/c1-6-8-10-12-14-16-18-20-22-24-25-26-27-29-31-33-35-37-39-41-43-45-52(55)61-50(49-60-62(56,57)59-47-46-53(3,4)5)48-58-51(54)44-42-40-38-36-34-32-30-28-23-21-19-17-15-13-11-9-7-2/h18,20,24-25,27,29,50H,6-17,19,21-23,26,28,30-49H2,1-5H3/p+1/b20-18-,25-24-,29-27-. The highest BCUT2D eigenvalue weighted by Gasteiger charge is 2.27. The van der Waals surface area contributed by atoms with Gasteiger partial charge in [0.15, 0.2) is 6.10 Å². The van der Waals surface area contributed by atoms with E-state index < -0.39 is 26.5 Å². The van der Waals surface area contributed by atoms with Gasteiger partial charge in [0.05, 0.1) is 27.7 Å². The molecule has 0 saturated heterocycles. The Hall–Kier alpha value is -1.77. The van der Waals surface area contributed by atoms with Crippen molar-refractivity contribution in [2.45, 2.75) is 238 Å². The van der Waals surface area contributed by atoms with Crippen LogP contribution in [0.3, 0.4) is 0 Å². The van der Waals surface area contributed by atoms with Gasteiger partial charge in [0.2, 0.25) is 0 Å². The number of likely N-dealkylation sites (N-methyl/N-ethyl adjacent to an activating group) is 1. The maximum atomic E-state index is 12.8. The van der Waals surface area contributed by atoms with Gasteiger partial charge in [0.25, 0.3) is 0 Å². The lowest BCUT2D eigenvalue weighted by Crippen LogP contribution is -2.37. The van der Waals surface area contributed by atoms with E-state index in [1.165, 1.54) is 128 Å². The van der Waals surface area contributed by atoms with Gasteiger partial charge >= 0.3 is 19.8 Å². The zero-order valence-electron chi connectivity index (χ0n) is 41.1. The van der Waals surface area contributed by atoms with E-state index >= 15 is 0 Å². The minimum atomic E-state index is -4.38. The number of hydrogen-bond acceptors (Lipinski definition) is 7. The van der Waals surface area contributed by atoms with Crippen LogP contribution in [0.1, 0.15) is 232 Å². The van der Waals surface area contributed by atoms with Crippen LogP contribution >= 0.6 is 7.82 Å². The van der Waals surface area contributed by atoms with Gasteiger partial charge in [-0.2, -0.15) is 0 Å². The minimum Gasteiger partial charge on any atom is -0.462 e. The lowest BCUT2D eigenvalue weighted by atomic mass is 10.0. The molecule has 10 heteroatoms. The summed E-state index contributed by atoms with van der Waals surface area (Å²) < 4.78 is 34.4. The Labute approximate surface area is 382 Å². The van der Waals surface area contributed by atoms with E-state index in [1.54, 1.807) is 0 Å². The lowest BCUT2D eigenvalue weighted by Gasteiger charge is -2.24. The fourth-order valence-electron chi connectivity index (χ4n) is 7.14. The van der Waals surface area contributed by atoms with E-state index in [0.717, 1.165) is 70.6 Å². The van der Waals surface area contributed by atoms with Crippen molar-refractivity contribution in [1.29, 1.82) is 0 Å². The number of quaternary nitrogens is 1. The molecule has 2 atom stereocenters. The van der Waals surface area contributed by atoms with Crippen LogP contribution in [-0.4, -0.2) is 74.9 Å². The van der Waals surface area contributed by atoms with Crippen LogP contribution in [0.25, 0.3) is 0 Å². The zero-order valence-corrected chi connectivity index (χ0v) is 42.0. The van der Waals surface area contributed by atoms with E-state index in [4.69, 9.17) is 18.5 Å². The van der Waals surface area contributed by atoms with Crippen molar-refractivity contribution >= 4 is 19.8 Å². The molecule has 0 amide bonds. The summed E-state index contributed by atoms with van der Waals surface area (Å²) in [7, 11) is 1.47. The summed E-state index contributed by atoms with van der Waals surface area (Å²) in [6.45, 7) is 4.43. The molecule has 364 valence electrons. The highest BCUT2D eigenvalue weighted by Crippen LogP contribution is 2.43. The number of hydrogen-bond donors (Lipinski definition) is 1. The van der Waals surface area contributed by atoms with Crippen LogP contribution in [0, 0.1) is 0 Å². The van der Waals surface area contributed by atoms with Crippen molar-refractivity contribution < 1.29 is 42.1 Å². The first-order valence-electron chi connectivity index (χ1n) is 25.7. The Bertz CT molecular complexity index is 1150. The number of carbonyl (C=O) groups excluding carboxylic acids is 2. The third-order valence-electron chi connectivity index (χ3n) is 11.2. The average molecular weight is 897 g/mol. The molecule has 0 fully saturated rings. The molecule has 62 heavy (non-hydrogen) atoms. The minimum absolute atomic E-state index is 0.0298. The predicted molar refractivity (Wildman–Crippen MR) is 261 cm³/mol. The number of rotatable bonds is 47. The van der Waals surface area contributed by atoms with Gasteiger partial charge in [-0.3, -0.25) is 18.6 Å². The van der Waals surface area contributed by atoms with Crippen LogP contribution in [-0.2, 0) is 32.7 Å². The van der Waals surface area contributed by atoms with Crippen LogP contribution in [0.4, 0.5) is 0 Å². The summed E-state index contributed by atoms with van der Waals surface area (Å²) in [5.41, 5.74) is 0. The van der Waals surface area contributed by atoms with Gasteiger partial charge in [-0.25, -0.2) is 4.57 Å². The number of allylic oxidation sites excluding steroid dienone is 6. The van der Waals surface area contributed by atoms with Gasteiger partial charge < -0.3 is 18.9 Å². The average Bonchev–Trinajstić information content (AvgIpc) is 3.23. The molecule has 0 heterocycles. The van der Waals surface area contributed by atoms with E-state index in [9.17, 15) is 19.0 Å². The normalized spacial score (nSPS) is 13.7. The van der Waals surface area contributed by atoms with Gasteiger partial charge in [0.1, 0.15) is 19.8 Å². The molecule has 0 bridgehead atoms. The number of esters is 2. The maximum absolute atomic E-state index is 12.8. The largest absolute Gasteiger partial charge is 0.472 e. The summed E-state index contributed by atoms with van der Waals surface area (Å²) in [6.07, 6.45) is 51.9. The third kappa shape index (κ3) is 47.7. The van der Waals surface area contributed by atoms with E-state index in [-0.39, 0.29) is 32.0 Å². The van der Waals surface area contributed by atoms with Crippen molar-refractivity contribution in [3.8, 4) is 0 Å². The number of ether oxygens (including phenoxy) is 2. The Balaban J connectivity index is 4.28. The highest BCUT2D eigenvalue weighted by atomic mass is 31.2. The summed E-state index contributed by atoms with van der Waals surface area (Å²) in [4.78, 5) is 35.5. The second-order valence-corrected chi connectivity index (χ2v) is 20.0. The first kappa shape index (κ1) is 60.2. The summed E-state index contributed by atoms with van der Waals surface area (Å²) in [6, 6.07) is 0. The van der Waals surface area contributed by atoms with Crippen molar-refractivity contribution in [1.82, 2.24) is 0 Å². The molecule has 9 nitrogen and oxygen atoms in total. The molecular formula is C52H99NO8P+. The Morgan fingerprint density at radius 3 is 1.29 bits per heavy atom. The molecule has 0 radical (unpaired) electrons. The van der Waals surface area contributed by atoms with Gasteiger partial charge in [0, 0.05) is 12.8 Å². The van der Waals surface area contributed by atoms with E-state index in [0.29, 0.717) is 17.4 Å². The van der Waals surface area contributed by atoms with Crippen LogP contribution < -0.4 is 0 Å². The number of carbonyl (C=O) groups is 2. The van der Waals surface area contributed by atoms with Gasteiger partial charge in [-0.15, -0.1) is 0 Å². The van der Waals surface area contributed by atoms with Crippen molar-refractivity contribution in [2.75, 3.05) is 47.5 Å². The number of phosphoric ester groups is 1. The molecule has 0 rings (SSSR count). The van der Waals surface area contributed by atoms with Gasteiger partial charge in [-0.05, 0) is 51.4 Å². The fraction of sp³-hybridized carbons (Fsp3) is 0.846. The molecule has 0 aliphatic carbocycles. The molecule has 0 aromatic rings. The molecule has 0 aromatic carbocycles. The summed E-state index contributed by atoms with van der Waals surface area (Å²) in [5.74, 6) is -0.803. The van der Waals surface area contributed by atoms with Crippen molar-refractivity contribution in [3.63, 3.8) is 0 Å². The van der Waals surface area contributed by atoms with E-state index in [1.807, 2.05) is 21.1 Å². The molecule has 0 saturated carbocycles. The van der Waals surface area contributed by atoms with Crippen molar-refractivity contribution in [3.05, 3.63) is 36.5 Å². The molecule has 0 aliphatic rings. The predicted octanol–water partition coefficient (Wildman–Crippen LogP) is 15.3. The second kappa shape index (κ2) is 44.4. The molecule has 1 N–H and O–H groups in total. The first-order valence-corrected chi connectivity index (χ1v) is 27.2. The summed E-state index contributed by atoms with van der Waals surface area (Å²) >= 11 is 0. The van der Waals surface area contributed by atoms with Crippen molar-refractivity contribution in [2.24, 2.45) is 0 Å². The molecule has 0 spiro atoms. The Kier molecular flexibility index (Phi) is 43.2. The number of nitrogens with zero attached hydrogens (tertiary/aromatic N) is 1. The Morgan fingerprint density at radius 1 is 0.500 bits per heavy atom. The smallest absolute Gasteiger partial charge is 0.462 e. The molecule has 0 aromatic heterocycles. The van der Waals surface area contributed by atoms with Crippen LogP contribution in [0.5, 0.6) is 0 Å². The molecular weight excluding hydrogens is 798 g/mol. The SMILES string of the molecule is CCCCCCC/C=C\C/C=C\C/C=C\CCCCCCCCC(=O)OC(COC(=O)CCCCCCCCCCCCCCCCCCC)COP(=O)(O)OCC[N+](C)(C)C. The quantitative estimate of drug-likeness (QED) is 0.0212. The van der Waals surface area contributed by atoms with Crippen LogP contribution in [0.2, 0.25) is 0 Å². The Morgan fingerprint density at radius 2 is 0.871 bits per heavy atom. The fourth-order valence-corrected chi connectivity index (χ4v) is 7.88.